The number of carbonyl (C=O) groups is 1. The molecule has 1 aliphatic heterocycles. The first kappa shape index (κ1) is 16.8. The molecular formula is C20H20N2O3S. The first-order valence-electron chi connectivity index (χ1n) is 8.68. The Balaban J connectivity index is 1.61. The molecule has 0 aliphatic carbocycles. The zero-order chi connectivity index (χ0) is 18.1. The van der Waals surface area contributed by atoms with Crippen LogP contribution in [0.25, 0.3) is 10.9 Å². The topological polar surface area (TPSA) is 70.2 Å². The van der Waals surface area contributed by atoms with Gasteiger partial charge in [-0.3, -0.25) is 4.79 Å². The van der Waals surface area contributed by atoms with Gasteiger partial charge in [-0.05, 0) is 18.1 Å². The van der Waals surface area contributed by atoms with E-state index in [0.29, 0.717) is 18.5 Å². The van der Waals surface area contributed by atoms with E-state index in [9.17, 15) is 13.2 Å². The summed E-state index contributed by atoms with van der Waals surface area (Å²) >= 11 is 0. The molecule has 2 aromatic carbocycles. The van der Waals surface area contributed by atoms with Crippen LogP contribution in [-0.2, 0) is 9.84 Å². The Bertz CT molecular complexity index is 1040. The van der Waals surface area contributed by atoms with E-state index in [1.54, 1.807) is 11.1 Å². The van der Waals surface area contributed by atoms with Crippen molar-refractivity contribution in [1.82, 2.24) is 9.88 Å². The largest absolute Gasteiger partial charge is 0.360 e. The van der Waals surface area contributed by atoms with Gasteiger partial charge in [0.2, 0.25) is 0 Å². The van der Waals surface area contributed by atoms with Gasteiger partial charge in [0.05, 0.1) is 16.6 Å². The fourth-order valence-corrected chi connectivity index (χ4v) is 5.40. The number of hydrogen-bond acceptors (Lipinski definition) is 3. The highest BCUT2D eigenvalue weighted by molar-refractivity contribution is 7.91. The highest BCUT2D eigenvalue weighted by Gasteiger charge is 2.33. The Labute approximate surface area is 152 Å². The minimum atomic E-state index is -3.29. The minimum Gasteiger partial charge on any atom is -0.360 e. The van der Waals surface area contributed by atoms with Crippen LogP contribution in [0, 0.1) is 0 Å². The second-order valence-corrected chi connectivity index (χ2v) is 8.90. The number of nitrogens with zero attached hydrogens (tertiary/aromatic N) is 1. The molecule has 2 heterocycles. The molecule has 0 bridgehead atoms. The van der Waals surface area contributed by atoms with E-state index in [1.807, 2.05) is 54.6 Å². The average Bonchev–Trinajstić information content (AvgIpc) is 3.01. The monoisotopic (exact) mass is 368 g/mol. The van der Waals surface area contributed by atoms with Gasteiger partial charge < -0.3 is 9.88 Å². The summed E-state index contributed by atoms with van der Waals surface area (Å²) in [6.45, 7) is 0.654. The number of aromatic nitrogens is 1. The van der Waals surface area contributed by atoms with E-state index in [-0.39, 0.29) is 18.2 Å². The van der Waals surface area contributed by atoms with Gasteiger partial charge >= 0.3 is 0 Å². The number of para-hydroxylation sites is 1. The number of H-pyrrole nitrogens is 1. The van der Waals surface area contributed by atoms with Crippen LogP contribution in [0.3, 0.4) is 0 Å². The first-order valence-corrected chi connectivity index (χ1v) is 10.4. The number of rotatable bonds is 2. The quantitative estimate of drug-likeness (QED) is 0.755. The molecule has 1 N–H and O–H groups in total. The van der Waals surface area contributed by atoms with Crippen LogP contribution in [-0.4, -0.2) is 43.1 Å². The molecular weight excluding hydrogens is 348 g/mol. The first-order chi connectivity index (χ1) is 12.6. The van der Waals surface area contributed by atoms with E-state index in [0.717, 1.165) is 16.5 Å². The Kier molecular flexibility index (Phi) is 4.28. The van der Waals surface area contributed by atoms with Crippen LogP contribution >= 0.6 is 0 Å². The Morgan fingerprint density at radius 3 is 2.54 bits per heavy atom. The average molecular weight is 368 g/mol. The lowest BCUT2D eigenvalue weighted by Crippen LogP contribution is -2.33. The lowest BCUT2D eigenvalue weighted by atomic mass is 10.1. The summed E-state index contributed by atoms with van der Waals surface area (Å²) in [6.07, 6.45) is 2.13. The Hall–Kier alpha value is -2.60. The molecule has 0 spiro atoms. The molecule has 0 saturated carbocycles. The molecule has 1 atom stereocenters. The summed E-state index contributed by atoms with van der Waals surface area (Å²) in [5, 5.41) is 0.314. The second-order valence-electron chi connectivity index (χ2n) is 6.60. The maximum Gasteiger partial charge on any atom is 0.256 e. The van der Waals surface area contributed by atoms with Crippen molar-refractivity contribution in [2.75, 3.05) is 18.8 Å². The van der Waals surface area contributed by atoms with Crippen molar-refractivity contribution < 1.29 is 13.2 Å². The summed E-state index contributed by atoms with van der Waals surface area (Å²) < 4.78 is 25.5. The van der Waals surface area contributed by atoms with Gasteiger partial charge in [-0.15, -0.1) is 0 Å². The van der Waals surface area contributed by atoms with Crippen LogP contribution in [0.15, 0.2) is 60.8 Å². The third kappa shape index (κ3) is 3.01. The van der Waals surface area contributed by atoms with Crippen molar-refractivity contribution in [1.29, 1.82) is 0 Å². The predicted molar refractivity (Wildman–Crippen MR) is 102 cm³/mol. The molecule has 6 heteroatoms. The van der Waals surface area contributed by atoms with Gasteiger partial charge in [0.15, 0.2) is 9.84 Å². The van der Waals surface area contributed by atoms with Crippen LogP contribution < -0.4 is 0 Å². The van der Waals surface area contributed by atoms with Crippen LogP contribution in [0.4, 0.5) is 0 Å². The van der Waals surface area contributed by atoms with E-state index < -0.39 is 15.1 Å². The number of amides is 1. The SMILES string of the molecule is O=C(c1c[nH]c2ccccc12)N1CCC(c2ccccc2)S(=O)(=O)CC1. The molecule has 1 amide bonds. The molecule has 1 fully saturated rings. The summed E-state index contributed by atoms with van der Waals surface area (Å²) in [5.41, 5.74) is 2.30. The fourth-order valence-electron chi connectivity index (χ4n) is 3.61. The molecule has 1 unspecified atom stereocenters. The summed E-state index contributed by atoms with van der Waals surface area (Å²) in [7, 11) is -3.29. The number of sulfone groups is 1. The number of nitrogens with one attached hydrogen (secondary N) is 1. The van der Waals surface area contributed by atoms with Gasteiger partial charge in [0.1, 0.15) is 0 Å². The second kappa shape index (κ2) is 6.61. The maximum atomic E-state index is 13.0. The van der Waals surface area contributed by atoms with Gasteiger partial charge in [-0.1, -0.05) is 48.5 Å². The number of fused-ring (bicyclic) bond motifs is 1. The van der Waals surface area contributed by atoms with E-state index in [4.69, 9.17) is 0 Å². The standard InChI is InChI=1S/C20H20N2O3S/c23-20(17-14-21-18-9-5-4-8-16(17)18)22-11-10-19(26(24,25)13-12-22)15-6-2-1-3-7-15/h1-9,14,19,21H,10-13H2. The molecule has 26 heavy (non-hydrogen) atoms. The van der Waals surface area contributed by atoms with Crippen molar-refractivity contribution in [3.63, 3.8) is 0 Å². The van der Waals surface area contributed by atoms with Crippen molar-refractivity contribution in [2.45, 2.75) is 11.7 Å². The summed E-state index contributed by atoms with van der Waals surface area (Å²) in [4.78, 5) is 17.8. The van der Waals surface area contributed by atoms with Gasteiger partial charge in [0.25, 0.3) is 5.91 Å². The van der Waals surface area contributed by atoms with E-state index >= 15 is 0 Å². The lowest BCUT2D eigenvalue weighted by Gasteiger charge is -2.19. The van der Waals surface area contributed by atoms with Crippen molar-refractivity contribution in [3.8, 4) is 0 Å². The van der Waals surface area contributed by atoms with E-state index in [2.05, 4.69) is 4.98 Å². The fraction of sp³-hybridized carbons (Fsp3) is 0.250. The highest BCUT2D eigenvalue weighted by atomic mass is 32.2. The van der Waals surface area contributed by atoms with Gasteiger partial charge in [-0.25, -0.2) is 8.42 Å². The lowest BCUT2D eigenvalue weighted by molar-refractivity contribution is 0.0768. The number of carbonyl (C=O) groups excluding carboxylic acids is 1. The molecule has 0 radical (unpaired) electrons. The van der Waals surface area contributed by atoms with Gasteiger partial charge in [-0.2, -0.15) is 0 Å². The summed E-state index contributed by atoms with van der Waals surface area (Å²) in [5.74, 6) is -0.132. The maximum absolute atomic E-state index is 13.0. The van der Waals surface area contributed by atoms with Crippen molar-refractivity contribution in [2.24, 2.45) is 0 Å². The highest BCUT2D eigenvalue weighted by Crippen LogP contribution is 2.30. The normalized spacial score (nSPS) is 20.0. The number of benzene rings is 2. The molecule has 1 saturated heterocycles. The molecule has 3 aromatic rings. The molecule has 1 aromatic heterocycles. The third-order valence-corrected chi connectivity index (χ3v) is 7.15. The zero-order valence-electron chi connectivity index (χ0n) is 14.3. The number of aromatic amines is 1. The Morgan fingerprint density at radius 2 is 1.73 bits per heavy atom. The molecule has 4 rings (SSSR count). The smallest absolute Gasteiger partial charge is 0.256 e. The van der Waals surface area contributed by atoms with Crippen LogP contribution in [0.5, 0.6) is 0 Å². The zero-order valence-corrected chi connectivity index (χ0v) is 15.1. The summed E-state index contributed by atoms with van der Waals surface area (Å²) in [6, 6.07) is 16.9. The van der Waals surface area contributed by atoms with E-state index in [1.165, 1.54) is 0 Å². The third-order valence-electron chi connectivity index (χ3n) is 5.02. The van der Waals surface area contributed by atoms with Gasteiger partial charge in [0, 0.05) is 30.2 Å². The van der Waals surface area contributed by atoms with Crippen LogP contribution in [0.2, 0.25) is 0 Å². The predicted octanol–water partition coefficient (Wildman–Crippen LogP) is 3.17. The molecule has 1 aliphatic rings. The molecule has 5 nitrogen and oxygen atoms in total. The number of hydrogen-bond donors (Lipinski definition) is 1. The molecule has 134 valence electrons. The van der Waals surface area contributed by atoms with Crippen LogP contribution in [0.1, 0.15) is 27.6 Å². The van der Waals surface area contributed by atoms with Crippen molar-refractivity contribution >= 4 is 26.6 Å². The minimum absolute atomic E-state index is 0.0132. The Morgan fingerprint density at radius 1 is 1.00 bits per heavy atom. The van der Waals surface area contributed by atoms with Crippen molar-refractivity contribution in [3.05, 3.63) is 71.9 Å².